The van der Waals surface area contributed by atoms with Gasteiger partial charge in [0.25, 0.3) is 0 Å². The first-order valence-electron chi connectivity index (χ1n) is 8.18. The van der Waals surface area contributed by atoms with Crippen LogP contribution in [0.15, 0.2) is 47.5 Å². The number of hydrogen-bond acceptors (Lipinski definition) is 4. The molecule has 4 rings (SSSR count). The van der Waals surface area contributed by atoms with Gasteiger partial charge in [-0.3, -0.25) is 4.99 Å². The van der Waals surface area contributed by atoms with Gasteiger partial charge in [-0.15, -0.1) is 0 Å². The molecule has 0 spiro atoms. The molecule has 0 bridgehead atoms. The number of halogens is 1. The number of ether oxygens (including phenoxy) is 1. The first-order chi connectivity index (χ1) is 12.2. The Morgan fingerprint density at radius 3 is 2.64 bits per heavy atom. The van der Waals surface area contributed by atoms with Crippen LogP contribution < -0.4 is 4.90 Å². The molecule has 0 saturated carbocycles. The summed E-state index contributed by atoms with van der Waals surface area (Å²) in [6, 6.07) is 12.5. The first-order valence-corrected chi connectivity index (χ1v) is 8.18. The average Bonchev–Trinajstić information content (AvgIpc) is 2.98. The Morgan fingerprint density at radius 2 is 1.88 bits per heavy atom. The minimum atomic E-state index is -0.391. The highest BCUT2D eigenvalue weighted by Gasteiger charge is 2.13. The number of rotatable bonds is 3. The lowest BCUT2D eigenvalue weighted by Crippen LogP contribution is -2.36. The highest BCUT2D eigenvalue weighted by atomic mass is 19.1. The molecule has 0 atom stereocenters. The van der Waals surface area contributed by atoms with Gasteiger partial charge < -0.3 is 19.7 Å². The lowest BCUT2D eigenvalue weighted by molar-refractivity contribution is 0.122. The van der Waals surface area contributed by atoms with E-state index in [4.69, 9.17) is 4.74 Å². The molecule has 25 heavy (non-hydrogen) atoms. The maximum absolute atomic E-state index is 14.0. The van der Waals surface area contributed by atoms with E-state index in [0.29, 0.717) is 16.5 Å². The fourth-order valence-electron chi connectivity index (χ4n) is 3.05. The van der Waals surface area contributed by atoms with E-state index in [-0.39, 0.29) is 5.88 Å². The van der Waals surface area contributed by atoms with E-state index in [1.807, 2.05) is 24.3 Å². The van der Waals surface area contributed by atoms with Crippen LogP contribution in [-0.2, 0) is 4.74 Å². The highest BCUT2D eigenvalue weighted by molar-refractivity contribution is 6.02. The molecule has 2 heterocycles. The van der Waals surface area contributed by atoms with Crippen LogP contribution in [0.5, 0.6) is 5.88 Å². The largest absolute Gasteiger partial charge is 0.494 e. The molecule has 1 aliphatic heterocycles. The van der Waals surface area contributed by atoms with Crippen molar-refractivity contribution in [1.29, 1.82) is 0 Å². The number of H-pyrrole nitrogens is 1. The summed E-state index contributed by atoms with van der Waals surface area (Å²) in [6.07, 6.45) is 1.49. The Labute approximate surface area is 144 Å². The van der Waals surface area contributed by atoms with Crippen molar-refractivity contribution in [2.24, 2.45) is 4.99 Å². The monoisotopic (exact) mass is 339 g/mol. The molecule has 0 amide bonds. The van der Waals surface area contributed by atoms with Crippen molar-refractivity contribution < 1.29 is 14.2 Å². The number of nitrogens with one attached hydrogen (secondary N) is 1. The van der Waals surface area contributed by atoms with Crippen molar-refractivity contribution in [2.75, 3.05) is 31.2 Å². The number of aliphatic imine (C=N–C) groups is 1. The SMILES string of the molecule is Oc1[nH]c2cccc(F)c2c1C=Nc1ccc(N2CCOCC2)cc1. The maximum atomic E-state index is 14.0. The molecule has 5 nitrogen and oxygen atoms in total. The van der Waals surface area contributed by atoms with Crippen molar-refractivity contribution in [3.05, 3.63) is 53.8 Å². The molecule has 6 heteroatoms. The zero-order valence-electron chi connectivity index (χ0n) is 13.6. The lowest BCUT2D eigenvalue weighted by Gasteiger charge is -2.28. The molecular formula is C19H18FN3O2. The Hall–Kier alpha value is -2.86. The minimum absolute atomic E-state index is 0.0891. The third-order valence-corrected chi connectivity index (χ3v) is 4.36. The second kappa shape index (κ2) is 6.57. The van der Waals surface area contributed by atoms with E-state index in [9.17, 15) is 9.50 Å². The van der Waals surface area contributed by atoms with Gasteiger partial charge in [0.2, 0.25) is 0 Å². The van der Waals surface area contributed by atoms with E-state index >= 15 is 0 Å². The van der Waals surface area contributed by atoms with E-state index in [1.165, 1.54) is 12.3 Å². The van der Waals surface area contributed by atoms with Crippen molar-refractivity contribution in [3.63, 3.8) is 0 Å². The second-order valence-electron chi connectivity index (χ2n) is 5.92. The van der Waals surface area contributed by atoms with Crippen molar-refractivity contribution in [1.82, 2.24) is 4.98 Å². The highest BCUT2D eigenvalue weighted by Crippen LogP contribution is 2.28. The molecule has 0 radical (unpaired) electrons. The third-order valence-electron chi connectivity index (χ3n) is 4.36. The number of aromatic hydroxyl groups is 1. The van der Waals surface area contributed by atoms with Gasteiger partial charge in [-0.2, -0.15) is 0 Å². The Bertz CT molecular complexity index is 912. The van der Waals surface area contributed by atoms with E-state index in [0.717, 1.165) is 37.7 Å². The number of nitrogens with zero attached hydrogens (tertiary/aromatic N) is 2. The average molecular weight is 339 g/mol. The van der Waals surface area contributed by atoms with Crippen LogP contribution in [0.4, 0.5) is 15.8 Å². The van der Waals surface area contributed by atoms with Crippen LogP contribution in [-0.4, -0.2) is 42.6 Å². The number of aromatic amines is 1. The summed E-state index contributed by atoms with van der Waals surface area (Å²) >= 11 is 0. The fourth-order valence-corrected chi connectivity index (χ4v) is 3.05. The summed E-state index contributed by atoms with van der Waals surface area (Å²) in [6.45, 7) is 3.24. The summed E-state index contributed by atoms with van der Waals surface area (Å²) in [5.41, 5.74) is 2.76. The lowest BCUT2D eigenvalue weighted by atomic mass is 10.1. The smallest absolute Gasteiger partial charge is 0.198 e. The summed E-state index contributed by atoms with van der Waals surface area (Å²) in [4.78, 5) is 9.40. The van der Waals surface area contributed by atoms with Gasteiger partial charge in [0.15, 0.2) is 5.88 Å². The molecule has 128 valence electrons. The molecule has 0 aliphatic carbocycles. The Morgan fingerprint density at radius 1 is 1.12 bits per heavy atom. The second-order valence-corrected chi connectivity index (χ2v) is 5.92. The van der Waals surface area contributed by atoms with Gasteiger partial charge in [0, 0.05) is 30.4 Å². The predicted molar refractivity (Wildman–Crippen MR) is 96.6 cm³/mol. The van der Waals surface area contributed by atoms with Gasteiger partial charge in [-0.1, -0.05) is 6.07 Å². The van der Waals surface area contributed by atoms with Gasteiger partial charge >= 0.3 is 0 Å². The van der Waals surface area contributed by atoms with E-state index < -0.39 is 5.82 Å². The summed E-state index contributed by atoms with van der Waals surface area (Å²) in [7, 11) is 0. The number of benzene rings is 2. The summed E-state index contributed by atoms with van der Waals surface area (Å²) < 4.78 is 19.4. The molecule has 1 aliphatic rings. The maximum Gasteiger partial charge on any atom is 0.198 e. The topological polar surface area (TPSA) is 60.8 Å². The zero-order chi connectivity index (χ0) is 17.2. The van der Waals surface area contributed by atoms with Crippen LogP contribution in [0.1, 0.15) is 5.56 Å². The Kier molecular flexibility index (Phi) is 4.11. The van der Waals surface area contributed by atoms with Crippen LogP contribution in [0.25, 0.3) is 10.9 Å². The van der Waals surface area contributed by atoms with Crippen LogP contribution >= 0.6 is 0 Å². The van der Waals surface area contributed by atoms with Crippen LogP contribution in [0.2, 0.25) is 0 Å². The number of hydrogen-bond donors (Lipinski definition) is 2. The minimum Gasteiger partial charge on any atom is -0.494 e. The van der Waals surface area contributed by atoms with Crippen LogP contribution in [0.3, 0.4) is 0 Å². The molecule has 2 N–H and O–H groups in total. The molecular weight excluding hydrogens is 321 g/mol. The van der Waals surface area contributed by atoms with Gasteiger partial charge in [-0.25, -0.2) is 4.39 Å². The molecule has 3 aromatic rings. The van der Waals surface area contributed by atoms with Crippen LogP contribution in [0, 0.1) is 5.82 Å². The van der Waals surface area contributed by atoms with E-state index in [2.05, 4.69) is 14.9 Å². The summed E-state index contributed by atoms with van der Waals surface area (Å²) in [5, 5.41) is 10.4. The Balaban J connectivity index is 1.59. The van der Waals surface area contributed by atoms with E-state index in [1.54, 1.807) is 12.1 Å². The molecule has 0 unspecified atom stereocenters. The quantitative estimate of drug-likeness (QED) is 0.717. The standard InChI is InChI=1S/C19H18FN3O2/c20-16-2-1-3-17-18(16)15(19(24)22-17)12-21-13-4-6-14(7-5-13)23-8-10-25-11-9-23/h1-7,12,22,24H,8-11H2. The number of fused-ring (bicyclic) bond motifs is 1. The molecule has 2 aromatic carbocycles. The first kappa shape index (κ1) is 15.7. The zero-order valence-corrected chi connectivity index (χ0v) is 13.6. The predicted octanol–water partition coefficient (Wildman–Crippen LogP) is 3.60. The number of morpholine rings is 1. The van der Waals surface area contributed by atoms with Gasteiger partial charge in [0.05, 0.1) is 30.0 Å². The number of aromatic nitrogens is 1. The number of anilines is 1. The molecule has 1 fully saturated rings. The normalized spacial score (nSPS) is 15.3. The third kappa shape index (κ3) is 3.08. The van der Waals surface area contributed by atoms with Crippen molar-refractivity contribution in [3.8, 4) is 5.88 Å². The van der Waals surface area contributed by atoms with Crippen molar-refractivity contribution in [2.45, 2.75) is 0 Å². The van der Waals surface area contributed by atoms with Gasteiger partial charge in [0.1, 0.15) is 5.82 Å². The van der Waals surface area contributed by atoms with Gasteiger partial charge in [-0.05, 0) is 36.4 Å². The summed E-state index contributed by atoms with van der Waals surface area (Å²) in [5.74, 6) is -0.480. The fraction of sp³-hybridized carbons (Fsp3) is 0.211. The molecule has 1 saturated heterocycles. The molecule has 1 aromatic heterocycles. The van der Waals surface area contributed by atoms with Crippen molar-refractivity contribution >= 4 is 28.5 Å².